The van der Waals surface area contributed by atoms with Gasteiger partial charge in [0.05, 0.1) is 0 Å². The highest BCUT2D eigenvalue weighted by molar-refractivity contribution is 5.25. The number of aryl methyl sites for hydroxylation is 1. The van der Waals surface area contributed by atoms with Gasteiger partial charge in [-0.25, -0.2) is 0 Å². The monoisotopic (exact) mass is 290 g/mol. The summed E-state index contributed by atoms with van der Waals surface area (Å²) in [6, 6.07) is 9.67. The molecule has 0 aliphatic carbocycles. The van der Waals surface area contributed by atoms with Crippen LogP contribution in [0, 0.1) is 5.41 Å². The molecule has 2 heteroatoms. The van der Waals surface area contributed by atoms with E-state index in [1.54, 1.807) is 0 Å². The maximum atomic E-state index is 5.94. The van der Waals surface area contributed by atoms with E-state index in [-0.39, 0.29) is 5.41 Å². The highest BCUT2D eigenvalue weighted by Gasteiger charge is 2.25. The third-order valence-electron chi connectivity index (χ3n) is 4.29. The Morgan fingerprint density at radius 1 is 1.10 bits per heavy atom. The molecule has 0 radical (unpaired) electrons. The van der Waals surface area contributed by atoms with Crippen molar-refractivity contribution in [3.05, 3.63) is 35.4 Å². The topological polar surface area (TPSA) is 29.3 Å². The predicted octanol–water partition coefficient (Wildman–Crippen LogP) is 4.40. The zero-order chi connectivity index (χ0) is 15.9. The molecule has 0 amide bonds. The Morgan fingerprint density at radius 2 is 1.71 bits per heavy atom. The van der Waals surface area contributed by atoms with Crippen molar-refractivity contribution in [2.75, 3.05) is 19.6 Å². The van der Waals surface area contributed by atoms with Gasteiger partial charge < -0.3 is 5.73 Å². The van der Waals surface area contributed by atoms with E-state index in [1.807, 2.05) is 0 Å². The van der Waals surface area contributed by atoms with Gasteiger partial charge in [-0.15, -0.1) is 0 Å². The molecule has 1 aromatic carbocycles. The van der Waals surface area contributed by atoms with Crippen LogP contribution in [0.1, 0.15) is 64.6 Å². The lowest BCUT2D eigenvalue weighted by molar-refractivity contribution is 0.128. The fraction of sp³-hybridized carbons (Fsp3) is 0.684. The Hall–Kier alpha value is -0.860. The number of nitrogens with zero attached hydrogens (tertiary/aromatic N) is 1. The lowest BCUT2D eigenvalue weighted by Crippen LogP contribution is -2.41. The van der Waals surface area contributed by atoms with Crippen LogP contribution in [0.4, 0.5) is 0 Å². The summed E-state index contributed by atoms with van der Waals surface area (Å²) in [4.78, 5) is 2.62. The molecule has 21 heavy (non-hydrogen) atoms. The van der Waals surface area contributed by atoms with Crippen LogP contribution < -0.4 is 5.73 Å². The van der Waals surface area contributed by atoms with E-state index in [9.17, 15) is 0 Å². The molecule has 0 heterocycles. The first-order valence-corrected chi connectivity index (χ1v) is 8.50. The zero-order valence-electron chi connectivity index (χ0n) is 14.7. The van der Waals surface area contributed by atoms with Gasteiger partial charge in [-0.3, -0.25) is 4.90 Å². The van der Waals surface area contributed by atoms with Crippen LogP contribution in [0.15, 0.2) is 24.3 Å². The quantitative estimate of drug-likeness (QED) is 0.730. The van der Waals surface area contributed by atoms with Crippen molar-refractivity contribution in [2.45, 2.75) is 59.9 Å². The average molecular weight is 290 g/mol. The maximum Gasteiger partial charge on any atom is 0.0345 e. The van der Waals surface area contributed by atoms with Gasteiger partial charge in [-0.2, -0.15) is 0 Å². The number of hydrogen-bond acceptors (Lipinski definition) is 2. The number of benzene rings is 1. The molecule has 1 aromatic rings. The first kappa shape index (κ1) is 18.2. The van der Waals surface area contributed by atoms with Crippen molar-refractivity contribution >= 4 is 0 Å². The molecule has 2 nitrogen and oxygen atoms in total. The van der Waals surface area contributed by atoms with E-state index in [1.165, 1.54) is 17.5 Å². The van der Waals surface area contributed by atoms with Crippen molar-refractivity contribution in [3.8, 4) is 0 Å². The molecule has 0 aromatic heterocycles. The molecular weight excluding hydrogens is 256 g/mol. The van der Waals surface area contributed by atoms with Gasteiger partial charge in [0.15, 0.2) is 0 Å². The molecule has 0 spiro atoms. The third-order valence-corrected chi connectivity index (χ3v) is 4.29. The molecule has 1 unspecified atom stereocenters. The molecule has 0 saturated heterocycles. The maximum absolute atomic E-state index is 5.94. The lowest BCUT2D eigenvalue weighted by atomic mass is 9.90. The summed E-state index contributed by atoms with van der Waals surface area (Å²) in [5, 5.41) is 0. The van der Waals surface area contributed by atoms with E-state index in [4.69, 9.17) is 5.73 Å². The van der Waals surface area contributed by atoms with Crippen molar-refractivity contribution < 1.29 is 0 Å². The summed E-state index contributed by atoms with van der Waals surface area (Å²) >= 11 is 0. The molecular formula is C19H34N2. The second kappa shape index (κ2) is 8.55. The zero-order valence-corrected chi connectivity index (χ0v) is 14.7. The van der Waals surface area contributed by atoms with Crippen LogP contribution in [0.25, 0.3) is 0 Å². The minimum Gasteiger partial charge on any atom is -0.330 e. The SMILES string of the molecule is CCCN(CC(C)(C)CN)C(CC)c1ccc(CC)cc1. The van der Waals surface area contributed by atoms with Crippen molar-refractivity contribution in [2.24, 2.45) is 11.1 Å². The van der Waals surface area contributed by atoms with Crippen LogP contribution in [-0.2, 0) is 6.42 Å². The van der Waals surface area contributed by atoms with Crippen LogP contribution in [0.3, 0.4) is 0 Å². The molecule has 2 N–H and O–H groups in total. The first-order chi connectivity index (χ1) is 9.97. The standard InChI is InChI=1S/C19H34N2/c1-6-13-21(15-19(4,5)14-20)18(8-3)17-11-9-16(7-2)10-12-17/h9-12,18H,6-8,13-15,20H2,1-5H3. The molecule has 0 bridgehead atoms. The van der Waals surface area contributed by atoms with Crippen LogP contribution in [0.5, 0.6) is 0 Å². The average Bonchev–Trinajstić information content (AvgIpc) is 2.48. The highest BCUT2D eigenvalue weighted by Crippen LogP contribution is 2.28. The fourth-order valence-electron chi connectivity index (χ4n) is 2.93. The highest BCUT2D eigenvalue weighted by atomic mass is 15.2. The molecule has 0 saturated carbocycles. The predicted molar refractivity (Wildman–Crippen MR) is 93.6 cm³/mol. The largest absolute Gasteiger partial charge is 0.330 e. The van der Waals surface area contributed by atoms with E-state index in [0.29, 0.717) is 6.04 Å². The summed E-state index contributed by atoms with van der Waals surface area (Å²) in [6.45, 7) is 14.2. The van der Waals surface area contributed by atoms with Gasteiger partial charge in [0, 0.05) is 12.6 Å². The lowest BCUT2D eigenvalue weighted by Gasteiger charge is -2.37. The molecule has 1 atom stereocenters. The Kier molecular flexibility index (Phi) is 7.41. The Morgan fingerprint density at radius 3 is 2.14 bits per heavy atom. The molecule has 1 rings (SSSR count). The van der Waals surface area contributed by atoms with E-state index < -0.39 is 0 Å². The third kappa shape index (κ3) is 5.44. The van der Waals surface area contributed by atoms with Gasteiger partial charge in [0.2, 0.25) is 0 Å². The van der Waals surface area contributed by atoms with E-state index >= 15 is 0 Å². The summed E-state index contributed by atoms with van der Waals surface area (Å²) in [7, 11) is 0. The number of nitrogens with two attached hydrogens (primary N) is 1. The normalized spacial score (nSPS) is 13.7. The van der Waals surface area contributed by atoms with Crippen molar-refractivity contribution in [1.82, 2.24) is 4.90 Å². The van der Waals surface area contributed by atoms with Crippen LogP contribution in [-0.4, -0.2) is 24.5 Å². The molecule has 120 valence electrons. The Balaban J connectivity index is 2.94. The minimum absolute atomic E-state index is 0.173. The van der Waals surface area contributed by atoms with E-state index in [0.717, 1.165) is 32.5 Å². The minimum atomic E-state index is 0.173. The van der Waals surface area contributed by atoms with Gasteiger partial charge >= 0.3 is 0 Å². The van der Waals surface area contributed by atoms with Gasteiger partial charge in [-0.05, 0) is 48.9 Å². The first-order valence-electron chi connectivity index (χ1n) is 8.50. The smallest absolute Gasteiger partial charge is 0.0345 e. The second-order valence-electron chi connectivity index (χ2n) is 6.86. The molecule has 0 aliphatic rings. The Labute approximate surface area is 131 Å². The Bertz CT molecular complexity index is 395. The summed E-state index contributed by atoms with van der Waals surface area (Å²) in [5.74, 6) is 0. The van der Waals surface area contributed by atoms with Gasteiger partial charge in [-0.1, -0.05) is 58.9 Å². The van der Waals surface area contributed by atoms with E-state index in [2.05, 4.69) is 63.8 Å². The van der Waals surface area contributed by atoms with Crippen molar-refractivity contribution in [1.29, 1.82) is 0 Å². The second-order valence-corrected chi connectivity index (χ2v) is 6.86. The van der Waals surface area contributed by atoms with Crippen LogP contribution in [0.2, 0.25) is 0 Å². The summed E-state index contributed by atoms with van der Waals surface area (Å²) in [5.41, 5.74) is 8.97. The van der Waals surface area contributed by atoms with Crippen molar-refractivity contribution in [3.63, 3.8) is 0 Å². The fourth-order valence-corrected chi connectivity index (χ4v) is 2.93. The van der Waals surface area contributed by atoms with Gasteiger partial charge in [0.1, 0.15) is 0 Å². The summed E-state index contributed by atoms with van der Waals surface area (Å²) < 4.78 is 0. The molecule has 0 fully saturated rings. The molecule has 0 aliphatic heterocycles. The van der Waals surface area contributed by atoms with Crippen LogP contribution >= 0.6 is 0 Å². The summed E-state index contributed by atoms with van der Waals surface area (Å²) in [6.07, 6.45) is 3.44. The number of hydrogen-bond donors (Lipinski definition) is 1. The number of rotatable bonds is 9. The van der Waals surface area contributed by atoms with Gasteiger partial charge in [0.25, 0.3) is 0 Å².